The fourth-order valence-electron chi connectivity index (χ4n) is 1.37. The van der Waals surface area contributed by atoms with Crippen LogP contribution in [0.25, 0.3) is 0 Å². The van der Waals surface area contributed by atoms with Crippen LogP contribution in [0.15, 0.2) is 32.3 Å². The minimum Gasteiger partial charge on any atom is -0.398 e. The molecule has 0 saturated carbocycles. The van der Waals surface area contributed by atoms with Crippen molar-refractivity contribution in [3.8, 4) is 0 Å². The van der Waals surface area contributed by atoms with E-state index < -0.39 is 10.0 Å². The van der Waals surface area contributed by atoms with Gasteiger partial charge in [-0.1, -0.05) is 17.7 Å². The molecular formula is C11H10BrClN2O2S2. The fraction of sp³-hybridized carbons (Fsp3) is 0.0909. The predicted molar refractivity (Wildman–Crippen MR) is 83.4 cm³/mol. The van der Waals surface area contributed by atoms with Crippen LogP contribution in [0, 0.1) is 6.92 Å². The molecule has 0 unspecified atom stereocenters. The lowest BCUT2D eigenvalue weighted by Crippen LogP contribution is -2.11. The van der Waals surface area contributed by atoms with Gasteiger partial charge >= 0.3 is 0 Å². The Balaban J connectivity index is 2.33. The van der Waals surface area contributed by atoms with E-state index in [9.17, 15) is 8.42 Å². The second-order valence-electron chi connectivity index (χ2n) is 3.86. The third-order valence-corrected chi connectivity index (χ3v) is 6.75. The Morgan fingerprint density at radius 1 is 1.37 bits per heavy atom. The van der Waals surface area contributed by atoms with Gasteiger partial charge in [0.1, 0.15) is 4.21 Å². The van der Waals surface area contributed by atoms with Crippen LogP contribution in [0.1, 0.15) is 5.56 Å². The van der Waals surface area contributed by atoms with E-state index >= 15 is 0 Å². The molecule has 8 heteroatoms. The maximum absolute atomic E-state index is 12.1. The lowest BCUT2D eigenvalue weighted by atomic mass is 10.2. The van der Waals surface area contributed by atoms with Gasteiger partial charge in [-0.3, -0.25) is 4.72 Å². The number of nitrogens with two attached hydrogens (primary N) is 1. The van der Waals surface area contributed by atoms with Crippen molar-refractivity contribution in [1.29, 1.82) is 0 Å². The van der Waals surface area contributed by atoms with Crippen LogP contribution in [0.2, 0.25) is 5.02 Å². The zero-order chi connectivity index (χ0) is 14.2. The van der Waals surface area contributed by atoms with Gasteiger partial charge in [0.2, 0.25) is 0 Å². The number of hydrogen-bond donors (Lipinski definition) is 2. The average molecular weight is 382 g/mol. The van der Waals surface area contributed by atoms with Crippen molar-refractivity contribution >= 4 is 60.3 Å². The van der Waals surface area contributed by atoms with Crippen LogP contribution in [-0.4, -0.2) is 8.42 Å². The summed E-state index contributed by atoms with van der Waals surface area (Å²) in [6.07, 6.45) is 0. The molecule has 0 aliphatic heterocycles. The zero-order valence-electron chi connectivity index (χ0n) is 9.78. The number of rotatable bonds is 3. The molecule has 0 radical (unpaired) electrons. The van der Waals surface area contributed by atoms with Crippen LogP contribution in [0.3, 0.4) is 0 Å². The standard InChI is InChI=1S/C11H10BrClN2O2S2/c1-6-2-3-7(4-9(6)14)15-19(16,17)10-5-8(13)11(12)18-10/h2-5,15H,14H2,1H3. The second-order valence-corrected chi connectivity index (χ2v) is 8.55. The lowest BCUT2D eigenvalue weighted by molar-refractivity contribution is 0.603. The van der Waals surface area contributed by atoms with Crippen LogP contribution >= 0.6 is 38.9 Å². The van der Waals surface area contributed by atoms with Gasteiger partial charge in [0.15, 0.2) is 0 Å². The Morgan fingerprint density at radius 3 is 2.58 bits per heavy atom. The number of anilines is 2. The molecule has 4 nitrogen and oxygen atoms in total. The Labute approximate surface area is 128 Å². The summed E-state index contributed by atoms with van der Waals surface area (Å²) >= 11 is 10.1. The molecule has 0 aliphatic rings. The van der Waals surface area contributed by atoms with Gasteiger partial charge in [-0.25, -0.2) is 8.42 Å². The minimum absolute atomic E-state index is 0.142. The highest BCUT2D eigenvalue weighted by Crippen LogP contribution is 2.35. The average Bonchev–Trinajstić information content (AvgIpc) is 2.65. The van der Waals surface area contributed by atoms with E-state index in [0.717, 1.165) is 16.9 Å². The normalized spacial score (nSPS) is 11.5. The van der Waals surface area contributed by atoms with E-state index in [2.05, 4.69) is 20.7 Å². The highest BCUT2D eigenvalue weighted by molar-refractivity contribution is 9.11. The van der Waals surface area contributed by atoms with Gasteiger partial charge in [-0.2, -0.15) is 0 Å². The van der Waals surface area contributed by atoms with Gasteiger partial charge in [-0.15, -0.1) is 11.3 Å². The van der Waals surface area contributed by atoms with Gasteiger partial charge in [0.05, 0.1) is 14.5 Å². The van der Waals surface area contributed by atoms with Crippen molar-refractivity contribution in [2.24, 2.45) is 0 Å². The Kier molecular flexibility index (Phi) is 4.10. The Bertz CT molecular complexity index is 709. The molecule has 2 rings (SSSR count). The number of halogens is 2. The number of sulfonamides is 1. The molecule has 0 saturated heterocycles. The molecule has 1 heterocycles. The third kappa shape index (κ3) is 3.22. The molecule has 0 fully saturated rings. The van der Waals surface area contributed by atoms with Crippen molar-refractivity contribution in [3.63, 3.8) is 0 Å². The number of aryl methyl sites for hydroxylation is 1. The Morgan fingerprint density at radius 2 is 2.05 bits per heavy atom. The number of benzene rings is 1. The van der Waals surface area contributed by atoms with E-state index in [1.807, 2.05) is 6.92 Å². The van der Waals surface area contributed by atoms with Crippen molar-refractivity contribution in [2.75, 3.05) is 10.5 Å². The van der Waals surface area contributed by atoms with E-state index in [0.29, 0.717) is 20.2 Å². The first-order valence-electron chi connectivity index (χ1n) is 5.13. The first kappa shape index (κ1) is 14.6. The summed E-state index contributed by atoms with van der Waals surface area (Å²) in [6, 6.07) is 6.39. The highest BCUT2D eigenvalue weighted by atomic mass is 79.9. The third-order valence-electron chi connectivity index (χ3n) is 2.42. The van der Waals surface area contributed by atoms with Crippen molar-refractivity contribution < 1.29 is 8.42 Å². The molecule has 1 aromatic heterocycles. The minimum atomic E-state index is -3.65. The van der Waals surface area contributed by atoms with Crippen molar-refractivity contribution in [2.45, 2.75) is 11.1 Å². The molecule has 19 heavy (non-hydrogen) atoms. The van der Waals surface area contributed by atoms with E-state index in [4.69, 9.17) is 17.3 Å². The molecule has 0 bridgehead atoms. The first-order valence-corrected chi connectivity index (χ1v) is 8.60. The summed E-state index contributed by atoms with van der Waals surface area (Å²) in [5, 5.41) is 0.369. The topological polar surface area (TPSA) is 72.2 Å². The maximum Gasteiger partial charge on any atom is 0.271 e. The van der Waals surface area contributed by atoms with Crippen molar-refractivity contribution in [1.82, 2.24) is 0 Å². The largest absolute Gasteiger partial charge is 0.398 e. The monoisotopic (exact) mass is 380 g/mol. The molecule has 3 N–H and O–H groups in total. The molecule has 0 amide bonds. The molecule has 0 atom stereocenters. The van der Waals surface area contributed by atoms with E-state index in [-0.39, 0.29) is 4.21 Å². The predicted octanol–water partition coefficient (Wildman–Crippen LogP) is 3.86. The highest BCUT2D eigenvalue weighted by Gasteiger charge is 2.19. The van der Waals surface area contributed by atoms with Gasteiger partial charge in [0, 0.05) is 5.69 Å². The molecule has 1 aromatic carbocycles. The first-order chi connectivity index (χ1) is 8.79. The molecule has 0 spiro atoms. The van der Waals surface area contributed by atoms with E-state index in [1.54, 1.807) is 18.2 Å². The van der Waals surface area contributed by atoms with Gasteiger partial charge < -0.3 is 5.73 Å². The summed E-state index contributed by atoms with van der Waals surface area (Å²) < 4.78 is 27.5. The Hall–Kier alpha value is -0.760. The molecular weight excluding hydrogens is 372 g/mol. The van der Waals surface area contributed by atoms with Crippen LogP contribution < -0.4 is 10.5 Å². The zero-order valence-corrected chi connectivity index (χ0v) is 13.8. The van der Waals surface area contributed by atoms with Crippen LogP contribution in [0.4, 0.5) is 11.4 Å². The smallest absolute Gasteiger partial charge is 0.271 e. The quantitative estimate of drug-likeness (QED) is 0.793. The summed E-state index contributed by atoms with van der Waals surface area (Å²) in [5.41, 5.74) is 7.59. The number of nitrogen functional groups attached to an aromatic ring is 1. The SMILES string of the molecule is Cc1ccc(NS(=O)(=O)c2cc(Cl)c(Br)s2)cc1N. The summed E-state index contributed by atoms with van der Waals surface area (Å²) in [4.78, 5) is 0. The number of hydrogen-bond acceptors (Lipinski definition) is 4. The van der Waals surface area contributed by atoms with Crippen LogP contribution in [0.5, 0.6) is 0 Å². The second kappa shape index (κ2) is 5.32. The van der Waals surface area contributed by atoms with Crippen molar-refractivity contribution in [3.05, 3.63) is 38.6 Å². The summed E-state index contributed by atoms with van der Waals surface area (Å²) in [7, 11) is -3.65. The maximum atomic E-state index is 12.1. The molecule has 0 aliphatic carbocycles. The van der Waals surface area contributed by atoms with Crippen LogP contribution in [-0.2, 0) is 10.0 Å². The number of nitrogens with one attached hydrogen (secondary N) is 1. The van der Waals surface area contributed by atoms with E-state index in [1.165, 1.54) is 6.07 Å². The molecule has 102 valence electrons. The summed E-state index contributed by atoms with van der Waals surface area (Å²) in [5.74, 6) is 0. The van der Waals surface area contributed by atoms with Gasteiger partial charge in [0.25, 0.3) is 10.0 Å². The summed E-state index contributed by atoms with van der Waals surface area (Å²) in [6.45, 7) is 1.85. The fourth-order valence-corrected chi connectivity index (χ4v) is 4.82. The van der Waals surface area contributed by atoms with Gasteiger partial charge in [-0.05, 0) is 46.6 Å². The number of thiophene rings is 1. The molecule has 2 aromatic rings. The lowest BCUT2D eigenvalue weighted by Gasteiger charge is -2.08.